The number of para-hydroxylation sites is 1. The lowest BCUT2D eigenvalue weighted by atomic mass is 9.91. The highest BCUT2D eigenvalue weighted by Crippen LogP contribution is 2.30. The Balaban J connectivity index is 1.73. The summed E-state index contributed by atoms with van der Waals surface area (Å²) in [5.74, 6) is -0.290. The molecule has 0 saturated carbocycles. The van der Waals surface area contributed by atoms with Crippen LogP contribution in [0.5, 0.6) is 0 Å². The van der Waals surface area contributed by atoms with E-state index in [1.54, 1.807) is 27.7 Å². The number of H-pyrrole nitrogens is 1. The first-order valence-corrected chi connectivity index (χ1v) is 10.1. The molecule has 0 radical (unpaired) electrons. The van der Waals surface area contributed by atoms with E-state index >= 15 is 0 Å². The van der Waals surface area contributed by atoms with Gasteiger partial charge in [0, 0.05) is 29.6 Å². The maximum Gasteiger partial charge on any atom is 0.408 e. The van der Waals surface area contributed by atoms with Crippen LogP contribution in [0.4, 0.5) is 4.79 Å². The first-order valence-electron chi connectivity index (χ1n) is 10.1. The van der Waals surface area contributed by atoms with Crippen LogP contribution in [0.3, 0.4) is 0 Å². The van der Waals surface area contributed by atoms with Gasteiger partial charge in [0.15, 0.2) is 0 Å². The average molecular weight is 408 g/mol. The first kappa shape index (κ1) is 21.4. The Hall–Kier alpha value is -3.28. The summed E-state index contributed by atoms with van der Waals surface area (Å²) in [5, 5.41) is 6.69. The molecule has 158 valence electrons. The maximum absolute atomic E-state index is 12.6. The van der Waals surface area contributed by atoms with Gasteiger partial charge >= 0.3 is 6.09 Å². The SMILES string of the molecule is CC(NC(=O)OC(C)(C)C)C(=O)NCC(c1ccccc1)c1c[nH]c2ccccc12. The van der Waals surface area contributed by atoms with Gasteiger partial charge in [-0.2, -0.15) is 0 Å². The zero-order valence-electron chi connectivity index (χ0n) is 17.9. The van der Waals surface area contributed by atoms with Gasteiger partial charge in [-0.3, -0.25) is 4.79 Å². The van der Waals surface area contributed by atoms with Gasteiger partial charge in [0.2, 0.25) is 5.91 Å². The highest BCUT2D eigenvalue weighted by atomic mass is 16.6. The van der Waals surface area contributed by atoms with Crippen LogP contribution < -0.4 is 10.6 Å². The van der Waals surface area contributed by atoms with Crippen molar-refractivity contribution in [3.63, 3.8) is 0 Å². The summed E-state index contributed by atoms with van der Waals surface area (Å²) < 4.78 is 5.23. The smallest absolute Gasteiger partial charge is 0.408 e. The fourth-order valence-corrected chi connectivity index (χ4v) is 3.38. The van der Waals surface area contributed by atoms with E-state index in [0.717, 1.165) is 22.0 Å². The quantitative estimate of drug-likeness (QED) is 0.569. The number of hydrogen-bond acceptors (Lipinski definition) is 3. The Kier molecular flexibility index (Phi) is 6.45. The van der Waals surface area contributed by atoms with Gasteiger partial charge in [-0.25, -0.2) is 4.79 Å². The molecule has 0 aliphatic heterocycles. The van der Waals surface area contributed by atoms with E-state index in [1.165, 1.54) is 0 Å². The van der Waals surface area contributed by atoms with Crippen molar-refractivity contribution in [3.05, 3.63) is 71.9 Å². The number of aromatic nitrogens is 1. The molecule has 6 heteroatoms. The highest BCUT2D eigenvalue weighted by Gasteiger charge is 2.23. The van der Waals surface area contributed by atoms with E-state index in [9.17, 15) is 9.59 Å². The number of nitrogens with one attached hydrogen (secondary N) is 3. The molecule has 0 saturated heterocycles. The standard InChI is InChI=1S/C24H29N3O3/c1-16(27-23(29)30-24(2,3)4)22(28)26-14-19(17-10-6-5-7-11-17)20-15-25-21-13-9-8-12-18(20)21/h5-13,15-16,19,25H,14H2,1-4H3,(H,26,28)(H,27,29). The number of alkyl carbamates (subject to hydrolysis) is 1. The second-order valence-corrected chi connectivity index (χ2v) is 8.37. The second kappa shape index (κ2) is 9.03. The number of benzene rings is 2. The van der Waals surface area contributed by atoms with Crippen molar-refractivity contribution in [1.82, 2.24) is 15.6 Å². The highest BCUT2D eigenvalue weighted by molar-refractivity contribution is 5.86. The van der Waals surface area contributed by atoms with Crippen LogP contribution in [-0.4, -0.2) is 35.2 Å². The van der Waals surface area contributed by atoms with Crippen LogP contribution in [-0.2, 0) is 9.53 Å². The van der Waals surface area contributed by atoms with E-state index in [2.05, 4.69) is 33.8 Å². The summed E-state index contributed by atoms with van der Waals surface area (Å²) in [6, 6.07) is 17.5. The molecule has 3 N–H and O–H groups in total. The molecular weight excluding hydrogens is 378 g/mol. The molecule has 1 heterocycles. The minimum Gasteiger partial charge on any atom is -0.444 e. The Morgan fingerprint density at radius 2 is 1.70 bits per heavy atom. The Morgan fingerprint density at radius 3 is 2.40 bits per heavy atom. The molecule has 3 aromatic rings. The predicted molar refractivity (Wildman–Crippen MR) is 118 cm³/mol. The molecule has 1 aromatic heterocycles. The Morgan fingerprint density at radius 1 is 1.03 bits per heavy atom. The molecule has 6 nitrogen and oxygen atoms in total. The third-order valence-electron chi connectivity index (χ3n) is 4.81. The minimum atomic E-state index is -0.709. The van der Waals surface area contributed by atoms with Crippen molar-refractivity contribution in [3.8, 4) is 0 Å². The minimum absolute atomic E-state index is 0.0278. The lowest BCUT2D eigenvalue weighted by Gasteiger charge is -2.23. The Labute approximate surface area is 177 Å². The van der Waals surface area contributed by atoms with Crippen LogP contribution >= 0.6 is 0 Å². The lowest BCUT2D eigenvalue weighted by molar-refractivity contribution is -0.122. The van der Waals surface area contributed by atoms with Gasteiger partial charge in [0.1, 0.15) is 11.6 Å². The van der Waals surface area contributed by atoms with E-state index in [4.69, 9.17) is 4.74 Å². The maximum atomic E-state index is 12.6. The largest absolute Gasteiger partial charge is 0.444 e. The molecule has 0 fully saturated rings. The zero-order valence-corrected chi connectivity index (χ0v) is 17.9. The van der Waals surface area contributed by atoms with Crippen LogP contribution in [0.15, 0.2) is 60.8 Å². The molecule has 2 amide bonds. The topological polar surface area (TPSA) is 83.2 Å². The van der Waals surface area contributed by atoms with Crippen molar-refractivity contribution in [1.29, 1.82) is 0 Å². The number of aromatic amines is 1. The van der Waals surface area contributed by atoms with Gasteiger partial charge in [-0.15, -0.1) is 0 Å². The number of ether oxygens (including phenoxy) is 1. The number of hydrogen-bond donors (Lipinski definition) is 3. The fourth-order valence-electron chi connectivity index (χ4n) is 3.38. The van der Waals surface area contributed by atoms with Crippen LogP contribution in [0.2, 0.25) is 0 Å². The second-order valence-electron chi connectivity index (χ2n) is 8.37. The molecule has 2 atom stereocenters. The van der Waals surface area contributed by atoms with E-state index in [1.807, 2.05) is 42.6 Å². The van der Waals surface area contributed by atoms with Crippen LogP contribution in [0.1, 0.15) is 44.7 Å². The van der Waals surface area contributed by atoms with Crippen molar-refractivity contribution < 1.29 is 14.3 Å². The first-order chi connectivity index (χ1) is 14.2. The van der Waals surface area contributed by atoms with Crippen molar-refractivity contribution in [2.45, 2.75) is 45.3 Å². The Bertz CT molecular complexity index is 1010. The normalized spacial score (nSPS) is 13.5. The molecule has 0 bridgehead atoms. The number of carbonyl (C=O) groups is 2. The third-order valence-corrected chi connectivity index (χ3v) is 4.81. The summed E-state index contributed by atoms with van der Waals surface area (Å²) in [7, 11) is 0. The zero-order chi connectivity index (χ0) is 21.7. The van der Waals surface area contributed by atoms with Crippen molar-refractivity contribution in [2.75, 3.05) is 6.54 Å². The van der Waals surface area contributed by atoms with E-state index in [0.29, 0.717) is 6.54 Å². The van der Waals surface area contributed by atoms with Crippen molar-refractivity contribution >= 4 is 22.9 Å². The van der Waals surface area contributed by atoms with Gasteiger partial charge < -0.3 is 20.4 Å². The van der Waals surface area contributed by atoms with Crippen LogP contribution in [0, 0.1) is 0 Å². The lowest BCUT2D eigenvalue weighted by Crippen LogP contribution is -2.47. The summed E-state index contributed by atoms with van der Waals surface area (Å²) in [6.45, 7) is 7.39. The fraction of sp³-hybridized carbons (Fsp3) is 0.333. The van der Waals surface area contributed by atoms with Crippen molar-refractivity contribution in [2.24, 2.45) is 0 Å². The van der Waals surface area contributed by atoms with Gasteiger partial charge in [-0.05, 0) is 44.9 Å². The molecule has 0 spiro atoms. The van der Waals surface area contributed by atoms with Gasteiger partial charge in [0.05, 0.1) is 0 Å². The van der Waals surface area contributed by atoms with Gasteiger partial charge in [0.25, 0.3) is 0 Å². The summed E-state index contributed by atoms with van der Waals surface area (Å²) in [4.78, 5) is 27.9. The average Bonchev–Trinajstić information content (AvgIpc) is 3.11. The third kappa shape index (κ3) is 5.41. The monoisotopic (exact) mass is 407 g/mol. The molecule has 0 aliphatic rings. The molecule has 2 aromatic carbocycles. The number of fused-ring (bicyclic) bond motifs is 1. The molecule has 0 aliphatic carbocycles. The molecule has 30 heavy (non-hydrogen) atoms. The number of carbonyl (C=O) groups excluding carboxylic acids is 2. The summed E-state index contributed by atoms with van der Waals surface area (Å²) >= 11 is 0. The van der Waals surface area contributed by atoms with E-state index in [-0.39, 0.29) is 11.8 Å². The molecular formula is C24H29N3O3. The number of amides is 2. The summed E-state index contributed by atoms with van der Waals surface area (Å²) in [5.41, 5.74) is 2.66. The summed E-state index contributed by atoms with van der Waals surface area (Å²) in [6.07, 6.45) is 1.39. The molecule has 2 unspecified atom stereocenters. The predicted octanol–water partition coefficient (Wildman–Crippen LogP) is 4.33. The number of rotatable bonds is 6. The molecule has 3 rings (SSSR count). The van der Waals surface area contributed by atoms with Crippen LogP contribution in [0.25, 0.3) is 10.9 Å². The van der Waals surface area contributed by atoms with E-state index < -0.39 is 17.7 Å². The van der Waals surface area contributed by atoms with Gasteiger partial charge in [-0.1, -0.05) is 48.5 Å².